The van der Waals surface area contributed by atoms with E-state index in [9.17, 15) is 0 Å². The molecule has 4 rings (SSSR count). The fourth-order valence-corrected chi connectivity index (χ4v) is 5.65. The molecule has 0 heterocycles. The van der Waals surface area contributed by atoms with Gasteiger partial charge >= 0.3 is 0 Å². The molecule has 0 saturated carbocycles. The number of fused-ring (bicyclic) bond motifs is 1. The predicted molar refractivity (Wildman–Crippen MR) is 161 cm³/mol. The molecule has 0 aromatic heterocycles. The summed E-state index contributed by atoms with van der Waals surface area (Å²) in [6.07, 6.45) is 10.9. The first-order valence-corrected chi connectivity index (χ1v) is 14.1. The Bertz CT molecular complexity index is 1310. The third-order valence-corrected chi connectivity index (χ3v) is 7.86. The highest BCUT2D eigenvalue weighted by Gasteiger charge is 2.23. The summed E-state index contributed by atoms with van der Waals surface area (Å²) in [6.45, 7) is 16.1. The van der Waals surface area contributed by atoms with Crippen molar-refractivity contribution in [2.75, 3.05) is 0 Å². The van der Waals surface area contributed by atoms with Crippen molar-refractivity contribution in [1.82, 2.24) is 0 Å². The van der Waals surface area contributed by atoms with Crippen molar-refractivity contribution in [2.45, 2.75) is 79.8 Å². The SMILES string of the molecule is C=C(CCc1c(CC)ccc2c1C=CC(C)(C)C2)c1ccc(CCC)cc1OCc1ccc(C)cc1Cl. The summed E-state index contributed by atoms with van der Waals surface area (Å²) in [5.74, 6) is 0.903. The zero-order chi connectivity index (χ0) is 26.6. The van der Waals surface area contributed by atoms with Crippen molar-refractivity contribution >= 4 is 23.3 Å². The zero-order valence-corrected chi connectivity index (χ0v) is 24.0. The molecule has 0 N–H and O–H groups in total. The summed E-state index contributed by atoms with van der Waals surface area (Å²) in [7, 11) is 0. The number of halogens is 1. The fourth-order valence-electron chi connectivity index (χ4n) is 5.36. The summed E-state index contributed by atoms with van der Waals surface area (Å²) in [5.41, 5.74) is 11.7. The molecule has 0 unspecified atom stereocenters. The zero-order valence-electron chi connectivity index (χ0n) is 23.2. The minimum atomic E-state index is 0.217. The van der Waals surface area contributed by atoms with Gasteiger partial charge in [0.15, 0.2) is 0 Å². The lowest BCUT2D eigenvalue weighted by atomic mass is 9.76. The van der Waals surface area contributed by atoms with E-state index in [2.05, 4.69) is 95.8 Å². The van der Waals surface area contributed by atoms with Gasteiger partial charge in [-0.25, -0.2) is 0 Å². The summed E-state index contributed by atoms with van der Waals surface area (Å²) in [5, 5.41) is 0.752. The molecular formula is C35H41ClO. The van der Waals surface area contributed by atoms with Gasteiger partial charge in [-0.2, -0.15) is 0 Å². The van der Waals surface area contributed by atoms with Crippen LogP contribution in [0.1, 0.15) is 85.0 Å². The summed E-state index contributed by atoms with van der Waals surface area (Å²) < 4.78 is 6.41. The van der Waals surface area contributed by atoms with Crippen LogP contribution in [0, 0.1) is 12.3 Å². The standard InChI is InChI=1S/C35H41ClO/c1-7-9-26-12-17-30(34(21-26)37-23-29-13-10-24(3)20-33(29)36)25(4)11-16-31-27(8-2)14-15-28-22-35(5,6)19-18-32(28)31/h10,12-15,17-21H,4,7-9,11,16,22-23H2,1-3,5-6H3. The topological polar surface area (TPSA) is 9.23 Å². The average molecular weight is 513 g/mol. The third-order valence-electron chi connectivity index (χ3n) is 7.51. The van der Waals surface area contributed by atoms with Crippen LogP contribution >= 0.6 is 11.6 Å². The number of aryl methyl sites for hydroxylation is 3. The first kappa shape index (κ1) is 27.3. The van der Waals surface area contributed by atoms with Gasteiger partial charge in [0.1, 0.15) is 12.4 Å². The Morgan fingerprint density at radius 2 is 1.78 bits per heavy atom. The molecule has 0 aliphatic heterocycles. The average Bonchev–Trinajstić information content (AvgIpc) is 2.86. The van der Waals surface area contributed by atoms with Gasteiger partial charge in [-0.05, 0) is 95.5 Å². The quantitative estimate of drug-likeness (QED) is 0.262. The Hall–Kier alpha value is -2.77. The van der Waals surface area contributed by atoms with Crippen LogP contribution in [0.3, 0.4) is 0 Å². The number of benzene rings is 3. The second kappa shape index (κ2) is 11.7. The molecule has 3 aromatic rings. The van der Waals surface area contributed by atoms with E-state index in [0.29, 0.717) is 6.61 Å². The Labute approximate surface area is 229 Å². The second-order valence-corrected chi connectivity index (χ2v) is 11.6. The number of ether oxygens (including phenoxy) is 1. The van der Waals surface area contributed by atoms with Crippen molar-refractivity contribution in [2.24, 2.45) is 5.41 Å². The Morgan fingerprint density at radius 3 is 2.51 bits per heavy atom. The smallest absolute Gasteiger partial charge is 0.127 e. The van der Waals surface area contributed by atoms with E-state index in [1.807, 2.05) is 6.07 Å². The molecule has 1 aliphatic carbocycles. The minimum Gasteiger partial charge on any atom is -0.488 e. The Balaban J connectivity index is 1.57. The van der Waals surface area contributed by atoms with Gasteiger partial charge in [-0.15, -0.1) is 0 Å². The van der Waals surface area contributed by atoms with Crippen LogP contribution < -0.4 is 4.74 Å². The van der Waals surface area contributed by atoms with Gasteiger partial charge in [0.2, 0.25) is 0 Å². The van der Waals surface area contributed by atoms with Crippen LogP contribution in [0.5, 0.6) is 5.75 Å². The molecule has 194 valence electrons. The van der Waals surface area contributed by atoms with Crippen molar-refractivity contribution in [1.29, 1.82) is 0 Å². The van der Waals surface area contributed by atoms with Crippen LogP contribution in [-0.2, 0) is 32.3 Å². The van der Waals surface area contributed by atoms with Crippen molar-refractivity contribution in [3.63, 3.8) is 0 Å². The van der Waals surface area contributed by atoms with E-state index in [4.69, 9.17) is 16.3 Å². The largest absolute Gasteiger partial charge is 0.488 e. The van der Waals surface area contributed by atoms with E-state index in [0.717, 1.165) is 71.6 Å². The number of hydrogen-bond donors (Lipinski definition) is 0. The van der Waals surface area contributed by atoms with Gasteiger partial charge < -0.3 is 4.74 Å². The molecular weight excluding hydrogens is 472 g/mol. The molecule has 37 heavy (non-hydrogen) atoms. The van der Waals surface area contributed by atoms with Gasteiger partial charge in [0.25, 0.3) is 0 Å². The second-order valence-electron chi connectivity index (χ2n) is 11.2. The monoisotopic (exact) mass is 512 g/mol. The van der Waals surface area contributed by atoms with E-state index in [1.54, 1.807) is 0 Å². The van der Waals surface area contributed by atoms with Gasteiger partial charge in [-0.1, -0.05) is 101 Å². The molecule has 1 aliphatic rings. The summed E-state index contributed by atoms with van der Waals surface area (Å²) >= 11 is 6.50. The lowest BCUT2D eigenvalue weighted by Gasteiger charge is -2.28. The molecule has 0 amide bonds. The van der Waals surface area contributed by atoms with Crippen LogP contribution in [0.4, 0.5) is 0 Å². The molecule has 0 atom stereocenters. The van der Waals surface area contributed by atoms with Crippen molar-refractivity contribution in [3.05, 3.63) is 111 Å². The maximum absolute atomic E-state index is 6.50. The Kier molecular flexibility index (Phi) is 8.65. The van der Waals surface area contributed by atoms with E-state index >= 15 is 0 Å². The number of hydrogen-bond acceptors (Lipinski definition) is 1. The number of rotatable bonds is 10. The van der Waals surface area contributed by atoms with E-state index < -0.39 is 0 Å². The van der Waals surface area contributed by atoms with E-state index in [1.165, 1.54) is 27.8 Å². The highest BCUT2D eigenvalue weighted by molar-refractivity contribution is 6.31. The molecule has 0 fully saturated rings. The maximum Gasteiger partial charge on any atom is 0.127 e. The van der Waals surface area contributed by atoms with Crippen LogP contribution in [0.15, 0.2) is 61.2 Å². The normalized spacial score (nSPS) is 13.9. The van der Waals surface area contributed by atoms with Gasteiger partial charge in [-0.3, -0.25) is 0 Å². The van der Waals surface area contributed by atoms with Crippen LogP contribution in [-0.4, -0.2) is 0 Å². The first-order valence-electron chi connectivity index (χ1n) is 13.7. The predicted octanol–water partition coefficient (Wildman–Crippen LogP) is 9.98. The molecule has 0 radical (unpaired) electrons. The molecule has 0 spiro atoms. The minimum absolute atomic E-state index is 0.217. The van der Waals surface area contributed by atoms with Gasteiger partial charge in [0.05, 0.1) is 0 Å². The van der Waals surface area contributed by atoms with Crippen LogP contribution in [0.2, 0.25) is 5.02 Å². The maximum atomic E-state index is 6.50. The molecule has 0 bridgehead atoms. The molecule has 1 nitrogen and oxygen atoms in total. The van der Waals surface area contributed by atoms with Gasteiger partial charge in [0, 0.05) is 16.1 Å². The van der Waals surface area contributed by atoms with Crippen LogP contribution in [0.25, 0.3) is 11.6 Å². The molecule has 0 saturated heterocycles. The number of allylic oxidation sites excluding steroid dienone is 2. The molecule has 2 heteroatoms. The highest BCUT2D eigenvalue weighted by atomic mass is 35.5. The summed E-state index contributed by atoms with van der Waals surface area (Å²) in [4.78, 5) is 0. The fraction of sp³-hybridized carbons (Fsp3) is 0.371. The highest BCUT2D eigenvalue weighted by Crippen LogP contribution is 2.37. The van der Waals surface area contributed by atoms with Crippen molar-refractivity contribution in [3.8, 4) is 5.75 Å². The molecule has 3 aromatic carbocycles. The Morgan fingerprint density at radius 1 is 1.00 bits per heavy atom. The third kappa shape index (κ3) is 6.57. The van der Waals surface area contributed by atoms with E-state index in [-0.39, 0.29) is 5.41 Å². The lowest BCUT2D eigenvalue weighted by Crippen LogP contribution is -2.17. The first-order chi connectivity index (χ1) is 17.7. The summed E-state index contributed by atoms with van der Waals surface area (Å²) in [6, 6.07) is 17.4. The lowest BCUT2D eigenvalue weighted by molar-refractivity contribution is 0.305. The van der Waals surface area contributed by atoms with Crippen molar-refractivity contribution < 1.29 is 4.74 Å².